The van der Waals surface area contributed by atoms with E-state index in [2.05, 4.69) is 41.3 Å². The third-order valence-electron chi connectivity index (χ3n) is 16.6. The highest BCUT2D eigenvalue weighted by molar-refractivity contribution is 7.86. The smallest absolute Gasteiger partial charge is 0.294 e. The summed E-state index contributed by atoms with van der Waals surface area (Å²) in [7, 11) is -6.18. The van der Waals surface area contributed by atoms with Gasteiger partial charge in [-0.25, -0.2) is 0 Å². The van der Waals surface area contributed by atoms with Gasteiger partial charge >= 0.3 is 0 Å². The molecule has 9 rings (SSSR count). The van der Waals surface area contributed by atoms with Gasteiger partial charge in [-0.1, -0.05) is 34.8 Å². The minimum atomic E-state index is -4.61. The van der Waals surface area contributed by atoms with Crippen molar-refractivity contribution in [2.75, 3.05) is 139 Å². The summed E-state index contributed by atoms with van der Waals surface area (Å²) < 4.78 is 79.1. The number of ketones is 2. The van der Waals surface area contributed by atoms with Gasteiger partial charge in [0.15, 0.2) is 11.6 Å². The van der Waals surface area contributed by atoms with Crippen LogP contribution in [0.2, 0.25) is 0 Å². The first-order valence-corrected chi connectivity index (χ1v) is 37.7. The Bertz CT molecular complexity index is 4320. The molecule has 2 aliphatic rings. The number of aliphatic hydroxyl groups excluding tert-OH is 2. The summed E-state index contributed by atoms with van der Waals surface area (Å²) in [4.78, 5) is 88.5. The second-order valence-electron chi connectivity index (χ2n) is 23.4. The number of benzene rings is 4. The van der Waals surface area contributed by atoms with E-state index in [1.165, 1.54) is 64.5 Å². The molecule has 2 aliphatic heterocycles. The fourth-order valence-corrected chi connectivity index (χ4v) is 14.1. The molecule has 32 nitrogen and oxygen atoms in total. The Morgan fingerprint density at radius 3 is 1.27 bits per heavy atom. The maximum Gasteiger partial charge on any atom is 0.294 e. The van der Waals surface area contributed by atoms with E-state index in [0.29, 0.717) is 108 Å². The number of aliphatic hydroxyl groups is 2. The minimum absolute atomic E-state index is 0.00646. The van der Waals surface area contributed by atoms with E-state index in [1.807, 2.05) is 37.5 Å². The highest BCUT2D eigenvalue weighted by Gasteiger charge is 2.28. The molecule has 3 aromatic heterocycles. The largest absolute Gasteiger partial charge is 0.494 e. The van der Waals surface area contributed by atoms with Crippen LogP contribution in [0.4, 0.5) is 85.2 Å². The molecule has 4 aromatic carbocycles. The van der Waals surface area contributed by atoms with Gasteiger partial charge in [0.2, 0.25) is 28.1 Å². The first kappa shape index (κ1) is 77.2. The molecular weight excluding hydrogens is 1410 g/mol. The molecular formula is C67H82N18O14S4. The number of Topliss-reactive ketones (excluding diaryl/α,β-unsaturated/α-hetero) is 2. The Labute approximate surface area is 604 Å². The lowest BCUT2D eigenvalue weighted by Gasteiger charge is -2.27. The third-order valence-corrected chi connectivity index (χ3v) is 20.0. The first-order valence-electron chi connectivity index (χ1n) is 33.2. The summed E-state index contributed by atoms with van der Waals surface area (Å²) in [5.74, 6) is -1.17. The van der Waals surface area contributed by atoms with Crippen LogP contribution >= 0.6 is 22.7 Å². The number of anilines is 11. The number of ether oxygens (including phenoxy) is 2. The Hall–Kier alpha value is -9.95. The van der Waals surface area contributed by atoms with Gasteiger partial charge in [-0.15, -0.1) is 20.5 Å². The predicted molar refractivity (Wildman–Crippen MR) is 398 cm³/mol. The van der Waals surface area contributed by atoms with Crippen LogP contribution in [0, 0.1) is 0 Å². The van der Waals surface area contributed by atoms with Crippen LogP contribution < -0.4 is 55.2 Å². The average Bonchev–Trinajstić information content (AvgIpc) is 1.72. The standard InChI is InChI=1S/C67H82N18O14S4/c1-9-81(10-2)53-37-49(51(39-55(53)98-7)77-79-66-72-59(83-25-15-13-16-26-83)57(100-66)35-47(41(5)88)61(90)68-43-21-19-23-45(33-43)102(92,93)94)70-63-74-64(76-65(75-63)85(29-31-86)30-32-87)71-50-38-54(82(11-3)12-4)56(99-8)40-52(50)78-80-67-73-60(84-27-17-14-18-28-84)58(101-67)36-48(42(6)89)62(91)69-44-22-20-24-46(34-44)103(95,96)97/h19-24,33-40,86-87H,9-18,25-32H2,1-8H3,(H,68,90)(H,69,91)(H,92,93,94)(H,95,96,97)(H2,70,71,74,75,76)/b47-35-,48-36+,79-77+,80-78+. The molecule has 2 amide bonds. The lowest BCUT2D eigenvalue weighted by molar-refractivity contribution is -0.120. The number of azo groups is 2. The lowest BCUT2D eigenvalue weighted by atomic mass is 10.1. The van der Waals surface area contributed by atoms with Crippen LogP contribution in [-0.2, 0) is 39.4 Å². The molecule has 0 unspecified atom stereocenters. The van der Waals surface area contributed by atoms with Gasteiger partial charge in [0, 0.05) is 89.0 Å². The number of hydrogen-bond donors (Lipinski definition) is 8. The monoisotopic (exact) mass is 1490 g/mol. The lowest BCUT2D eigenvalue weighted by Crippen LogP contribution is -2.31. The van der Waals surface area contributed by atoms with E-state index >= 15 is 0 Å². The normalized spacial score (nSPS) is 13.9. The van der Waals surface area contributed by atoms with Crippen molar-refractivity contribution in [1.29, 1.82) is 0 Å². The van der Waals surface area contributed by atoms with E-state index in [4.69, 9.17) is 44.6 Å². The molecule has 0 spiro atoms. The molecule has 0 saturated carbocycles. The van der Waals surface area contributed by atoms with E-state index in [1.54, 1.807) is 29.2 Å². The van der Waals surface area contributed by atoms with Crippen LogP contribution in [-0.4, -0.2) is 177 Å². The van der Waals surface area contributed by atoms with Crippen molar-refractivity contribution < 1.29 is 64.8 Å². The van der Waals surface area contributed by atoms with Crippen molar-refractivity contribution in [3.63, 3.8) is 0 Å². The van der Waals surface area contributed by atoms with Crippen LogP contribution in [0.5, 0.6) is 11.5 Å². The molecule has 7 aromatic rings. The number of hydrogen-bond acceptors (Lipinski definition) is 30. The number of carbonyl (C=O) groups excluding carboxylic acids is 4. The van der Waals surface area contributed by atoms with Crippen molar-refractivity contribution in [2.45, 2.75) is 89.9 Å². The Balaban J connectivity index is 1.13. The summed E-state index contributed by atoms with van der Waals surface area (Å²) in [6.45, 7) is 14.5. The molecule has 8 N–H and O–H groups in total. The number of nitrogens with zero attached hydrogens (tertiary/aromatic N) is 14. The Morgan fingerprint density at radius 1 is 0.544 bits per heavy atom. The number of amides is 2. The maximum absolute atomic E-state index is 13.9. The molecule has 0 atom stereocenters. The van der Waals surface area contributed by atoms with Crippen LogP contribution in [0.3, 0.4) is 0 Å². The van der Waals surface area contributed by atoms with Crippen molar-refractivity contribution in [3.05, 3.63) is 93.7 Å². The zero-order chi connectivity index (χ0) is 74.1. The van der Waals surface area contributed by atoms with Crippen molar-refractivity contribution >= 4 is 164 Å². The number of aromatic nitrogens is 5. The molecule has 5 heterocycles. The van der Waals surface area contributed by atoms with Crippen molar-refractivity contribution in [2.24, 2.45) is 20.5 Å². The summed E-state index contributed by atoms with van der Waals surface area (Å²) in [6.07, 6.45) is 8.19. The van der Waals surface area contributed by atoms with Gasteiger partial charge in [0.05, 0.1) is 80.9 Å². The molecule has 0 aliphatic carbocycles. The molecule has 2 saturated heterocycles. The summed E-state index contributed by atoms with van der Waals surface area (Å²) in [6, 6.07) is 16.9. The number of methoxy groups -OCH3 is 2. The second kappa shape index (κ2) is 35.3. The number of piperidine rings is 2. The van der Waals surface area contributed by atoms with E-state index in [9.17, 15) is 55.3 Å². The molecule has 2 fully saturated rings. The van der Waals surface area contributed by atoms with E-state index < -0.39 is 53.4 Å². The van der Waals surface area contributed by atoms with Gasteiger partial charge in [0.1, 0.15) is 34.5 Å². The van der Waals surface area contributed by atoms with Crippen LogP contribution in [0.1, 0.15) is 89.8 Å². The predicted octanol–water partition coefficient (Wildman–Crippen LogP) is 11.3. The van der Waals surface area contributed by atoms with Crippen molar-refractivity contribution in [3.8, 4) is 11.5 Å². The zero-order valence-electron chi connectivity index (χ0n) is 58.1. The van der Waals surface area contributed by atoms with Crippen molar-refractivity contribution in [1.82, 2.24) is 24.9 Å². The van der Waals surface area contributed by atoms with Crippen LogP contribution in [0.25, 0.3) is 12.2 Å². The maximum atomic E-state index is 13.9. The van der Waals surface area contributed by atoms with E-state index in [-0.39, 0.29) is 88.3 Å². The topological polar surface area (TPSA) is 414 Å². The summed E-state index contributed by atoms with van der Waals surface area (Å²) >= 11 is 2.13. The van der Waals surface area contributed by atoms with Gasteiger partial charge < -0.3 is 65.5 Å². The Kier molecular flexibility index (Phi) is 26.5. The quantitative estimate of drug-likeness (QED) is 0.00623. The van der Waals surface area contributed by atoms with Gasteiger partial charge in [-0.05, 0) is 141 Å². The SMILES string of the molecule is CCN(CC)c1cc(Nc2nc(Nc3cc(N(CC)CC)c(OC)cc3/N=N/c3nc(N4CCCCC4)c(/C=C(\C(C)=O)C(=O)Nc4cccc(S(=O)(=O)O)c4)s3)nc(N(CCO)CCO)n2)c(/N=N/c2nc(N3CCCCC3)c(/C=C(/C(C)=O)C(=O)Nc3cccc(S(=O)(=O)O)c3)s2)cc1OC. The summed E-state index contributed by atoms with van der Waals surface area (Å²) in [5.41, 5.74) is 1.88. The highest BCUT2D eigenvalue weighted by Crippen LogP contribution is 2.45. The van der Waals surface area contributed by atoms with Gasteiger partial charge in [-0.2, -0.15) is 41.8 Å². The minimum Gasteiger partial charge on any atom is -0.494 e. The number of nitrogens with one attached hydrogen (secondary N) is 4. The fourth-order valence-electron chi connectivity index (χ4n) is 11.4. The molecule has 36 heteroatoms. The summed E-state index contributed by atoms with van der Waals surface area (Å²) in [5, 5.41) is 51.7. The molecule has 0 bridgehead atoms. The second-order valence-corrected chi connectivity index (χ2v) is 28.3. The molecule has 0 radical (unpaired) electrons. The fraction of sp³-hybridized carbons (Fsp3) is 0.388. The third kappa shape index (κ3) is 19.8. The Morgan fingerprint density at radius 2 is 0.932 bits per heavy atom. The van der Waals surface area contributed by atoms with Gasteiger partial charge in [-0.3, -0.25) is 28.3 Å². The molecule has 548 valence electrons. The van der Waals surface area contributed by atoms with Crippen LogP contribution in [0.15, 0.2) is 114 Å². The zero-order valence-corrected chi connectivity index (χ0v) is 61.3. The first-order chi connectivity index (χ1) is 49.4. The molecule has 103 heavy (non-hydrogen) atoms. The number of carbonyl (C=O) groups is 4. The van der Waals surface area contributed by atoms with E-state index in [0.717, 1.165) is 85.5 Å². The highest BCUT2D eigenvalue weighted by atomic mass is 32.2. The number of thiazole rings is 2. The number of rotatable bonds is 33. The van der Waals surface area contributed by atoms with Gasteiger partial charge in [0.25, 0.3) is 32.1 Å². The average molecular weight is 1490 g/mol.